The molecule has 1 aromatic heterocycles. The third kappa shape index (κ3) is 3.94. The van der Waals surface area contributed by atoms with Crippen molar-refractivity contribution in [2.45, 2.75) is 31.8 Å². The summed E-state index contributed by atoms with van der Waals surface area (Å²) in [5, 5.41) is 9.61. The minimum Gasteiger partial charge on any atom is -0.370 e. The van der Waals surface area contributed by atoms with E-state index >= 15 is 0 Å². The molecule has 1 unspecified atom stereocenters. The molecule has 1 heterocycles. The molecule has 0 saturated heterocycles. The first-order valence-corrected chi connectivity index (χ1v) is 9.71. The molecule has 1 saturated carbocycles. The predicted octanol–water partition coefficient (Wildman–Crippen LogP) is 4.55. The minimum absolute atomic E-state index is 0.0258. The van der Waals surface area contributed by atoms with E-state index in [-0.39, 0.29) is 5.91 Å². The Labute approximate surface area is 157 Å². The number of hydrogen-bond donors (Lipinski definition) is 2. The number of aromatic nitrogens is 1. The molecule has 0 aliphatic heterocycles. The second kappa shape index (κ2) is 7.30. The number of benzene rings is 2. The van der Waals surface area contributed by atoms with Crippen molar-refractivity contribution < 1.29 is 4.79 Å². The van der Waals surface area contributed by atoms with Gasteiger partial charge in [-0.1, -0.05) is 42.5 Å². The van der Waals surface area contributed by atoms with Gasteiger partial charge < -0.3 is 10.6 Å². The number of hydrogen-bond acceptors (Lipinski definition) is 4. The zero-order valence-electron chi connectivity index (χ0n) is 14.6. The van der Waals surface area contributed by atoms with Gasteiger partial charge in [-0.2, -0.15) is 0 Å². The highest BCUT2D eigenvalue weighted by Crippen LogP contribution is 2.26. The van der Waals surface area contributed by atoms with Gasteiger partial charge in [0.2, 0.25) is 5.91 Å². The summed E-state index contributed by atoms with van der Waals surface area (Å²) in [5.74, 6) is 0.0258. The van der Waals surface area contributed by atoms with Gasteiger partial charge in [-0.3, -0.25) is 4.79 Å². The maximum absolute atomic E-state index is 12.7. The van der Waals surface area contributed by atoms with Crippen LogP contribution in [0.4, 0.5) is 5.69 Å². The average molecular weight is 363 g/mol. The Balaban J connectivity index is 1.54. The molecule has 0 bridgehead atoms. The average Bonchev–Trinajstić information content (AvgIpc) is 3.38. The lowest BCUT2D eigenvalue weighted by Crippen LogP contribution is -2.34. The summed E-state index contributed by atoms with van der Waals surface area (Å²) in [5.41, 5.74) is 3.95. The third-order valence-corrected chi connectivity index (χ3v) is 5.20. The number of nitrogens with one attached hydrogen (secondary N) is 2. The normalized spacial score (nSPS) is 14.7. The monoisotopic (exact) mass is 363 g/mol. The fourth-order valence-electron chi connectivity index (χ4n) is 2.86. The van der Waals surface area contributed by atoms with Crippen molar-refractivity contribution in [2.75, 3.05) is 5.32 Å². The zero-order valence-corrected chi connectivity index (χ0v) is 15.4. The molecule has 0 radical (unpaired) electrons. The standard InChI is InChI=1S/C21H21N3OS/c1-14-22-19(13-26-14)15-7-9-17(10-8-15)23-20(16-5-3-2-4-6-16)21(25)24-18-11-12-18/h2-10,13,18,20,23H,11-12H2,1H3,(H,24,25). The van der Waals surface area contributed by atoms with Gasteiger partial charge in [0.15, 0.2) is 0 Å². The number of anilines is 1. The Morgan fingerprint density at radius 2 is 1.85 bits per heavy atom. The molecule has 5 heteroatoms. The zero-order chi connectivity index (χ0) is 17.9. The van der Waals surface area contributed by atoms with E-state index in [1.54, 1.807) is 11.3 Å². The highest BCUT2D eigenvalue weighted by Gasteiger charge is 2.28. The van der Waals surface area contributed by atoms with Gasteiger partial charge in [-0.15, -0.1) is 11.3 Å². The molecule has 1 amide bonds. The number of thiazole rings is 1. The van der Waals surface area contributed by atoms with E-state index in [0.717, 1.165) is 40.4 Å². The van der Waals surface area contributed by atoms with Gasteiger partial charge in [0.05, 0.1) is 10.7 Å². The van der Waals surface area contributed by atoms with Crippen LogP contribution in [0.5, 0.6) is 0 Å². The lowest BCUT2D eigenvalue weighted by Gasteiger charge is -2.20. The lowest BCUT2D eigenvalue weighted by atomic mass is 10.1. The lowest BCUT2D eigenvalue weighted by molar-refractivity contribution is -0.122. The second-order valence-electron chi connectivity index (χ2n) is 6.60. The first kappa shape index (κ1) is 16.8. The van der Waals surface area contributed by atoms with Crippen LogP contribution in [0.25, 0.3) is 11.3 Å². The third-order valence-electron chi connectivity index (χ3n) is 4.43. The van der Waals surface area contributed by atoms with Crippen LogP contribution in [0.15, 0.2) is 60.0 Å². The van der Waals surface area contributed by atoms with Crippen molar-refractivity contribution in [1.82, 2.24) is 10.3 Å². The van der Waals surface area contributed by atoms with Crippen molar-refractivity contribution in [1.29, 1.82) is 0 Å². The van der Waals surface area contributed by atoms with Crippen molar-refractivity contribution in [2.24, 2.45) is 0 Å². The molecular formula is C21H21N3OS. The number of aryl methyl sites for hydroxylation is 1. The van der Waals surface area contributed by atoms with E-state index in [9.17, 15) is 4.79 Å². The molecule has 4 rings (SSSR count). The van der Waals surface area contributed by atoms with E-state index in [4.69, 9.17) is 0 Å². The molecular weight excluding hydrogens is 342 g/mol. The highest BCUT2D eigenvalue weighted by molar-refractivity contribution is 7.09. The molecule has 0 spiro atoms. The first-order valence-electron chi connectivity index (χ1n) is 8.83. The van der Waals surface area contributed by atoms with Gasteiger partial charge >= 0.3 is 0 Å². The number of amides is 1. The van der Waals surface area contributed by atoms with Crippen LogP contribution in [-0.2, 0) is 4.79 Å². The van der Waals surface area contributed by atoms with Crippen LogP contribution < -0.4 is 10.6 Å². The van der Waals surface area contributed by atoms with Crippen molar-refractivity contribution in [3.8, 4) is 11.3 Å². The summed E-state index contributed by atoms with van der Waals surface area (Å²) in [6.07, 6.45) is 2.16. The summed E-state index contributed by atoms with van der Waals surface area (Å²) in [7, 11) is 0. The molecule has 1 aliphatic carbocycles. The molecule has 26 heavy (non-hydrogen) atoms. The van der Waals surface area contributed by atoms with Gasteiger partial charge in [0, 0.05) is 22.7 Å². The minimum atomic E-state index is -0.399. The predicted molar refractivity (Wildman–Crippen MR) is 106 cm³/mol. The van der Waals surface area contributed by atoms with Crippen molar-refractivity contribution >= 4 is 22.9 Å². The van der Waals surface area contributed by atoms with E-state index in [2.05, 4.69) is 21.0 Å². The number of rotatable bonds is 6. The highest BCUT2D eigenvalue weighted by atomic mass is 32.1. The van der Waals surface area contributed by atoms with E-state index < -0.39 is 6.04 Å². The summed E-state index contributed by atoms with van der Waals surface area (Å²) < 4.78 is 0. The molecule has 4 nitrogen and oxygen atoms in total. The maximum Gasteiger partial charge on any atom is 0.247 e. The van der Waals surface area contributed by atoms with Crippen molar-refractivity contribution in [3.05, 3.63) is 70.5 Å². The summed E-state index contributed by atoms with van der Waals surface area (Å²) in [4.78, 5) is 17.2. The smallest absolute Gasteiger partial charge is 0.247 e. The number of carbonyl (C=O) groups is 1. The topological polar surface area (TPSA) is 54.0 Å². The Hall–Kier alpha value is -2.66. The molecule has 3 aromatic rings. The van der Waals surface area contributed by atoms with E-state index in [1.807, 2.05) is 61.5 Å². The first-order chi connectivity index (χ1) is 12.7. The second-order valence-corrected chi connectivity index (χ2v) is 7.66. The molecule has 1 atom stereocenters. The van der Waals surface area contributed by atoms with E-state index in [1.165, 1.54) is 0 Å². The molecule has 2 aromatic carbocycles. The Bertz CT molecular complexity index is 885. The molecule has 2 N–H and O–H groups in total. The van der Waals surface area contributed by atoms with Crippen molar-refractivity contribution in [3.63, 3.8) is 0 Å². The van der Waals surface area contributed by atoms with Crippen LogP contribution in [0.3, 0.4) is 0 Å². The fraction of sp³-hybridized carbons (Fsp3) is 0.238. The molecule has 132 valence electrons. The van der Waals surface area contributed by atoms with E-state index in [0.29, 0.717) is 6.04 Å². The number of carbonyl (C=O) groups excluding carboxylic acids is 1. The summed E-state index contributed by atoms with van der Waals surface area (Å²) in [6.45, 7) is 2.01. The van der Waals surface area contributed by atoms with Gasteiger partial charge in [-0.25, -0.2) is 4.98 Å². The SMILES string of the molecule is Cc1nc(-c2ccc(NC(C(=O)NC3CC3)c3ccccc3)cc2)cs1. The molecule has 1 aliphatic rings. The van der Waals surface area contributed by atoms with Crippen LogP contribution in [-0.4, -0.2) is 16.9 Å². The van der Waals surface area contributed by atoms with Crippen LogP contribution in [0, 0.1) is 6.92 Å². The Morgan fingerprint density at radius 1 is 1.12 bits per heavy atom. The largest absolute Gasteiger partial charge is 0.370 e. The van der Waals surface area contributed by atoms with Crippen LogP contribution in [0.1, 0.15) is 29.5 Å². The van der Waals surface area contributed by atoms with Gasteiger partial charge in [0.25, 0.3) is 0 Å². The summed E-state index contributed by atoms with van der Waals surface area (Å²) in [6, 6.07) is 17.9. The quantitative estimate of drug-likeness (QED) is 0.675. The maximum atomic E-state index is 12.7. The summed E-state index contributed by atoms with van der Waals surface area (Å²) >= 11 is 1.65. The van der Waals surface area contributed by atoms with Gasteiger partial charge in [0.1, 0.15) is 6.04 Å². The Morgan fingerprint density at radius 3 is 2.46 bits per heavy atom. The Kier molecular flexibility index (Phi) is 4.71. The molecule has 1 fully saturated rings. The van der Waals surface area contributed by atoms with Gasteiger partial charge in [-0.05, 0) is 37.5 Å². The van der Waals surface area contributed by atoms with Crippen LogP contribution in [0.2, 0.25) is 0 Å². The van der Waals surface area contributed by atoms with Crippen LogP contribution >= 0.6 is 11.3 Å². The fourth-order valence-corrected chi connectivity index (χ4v) is 3.48. The number of nitrogens with zero attached hydrogens (tertiary/aromatic N) is 1.